The van der Waals surface area contributed by atoms with Gasteiger partial charge in [0.1, 0.15) is 5.60 Å². The normalized spacial score (nSPS) is 17.9. The molecule has 1 aliphatic carbocycles. The van der Waals surface area contributed by atoms with Crippen LogP contribution >= 0.6 is 0 Å². The zero-order valence-electron chi connectivity index (χ0n) is 19.0. The Labute approximate surface area is 190 Å². The summed E-state index contributed by atoms with van der Waals surface area (Å²) in [6, 6.07) is 17.1. The molecule has 1 N–H and O–H groups in total. The van der Waals surface area contributed by atoms with Crippen molar-refractivity contribution in [3.63, 3.8) is 0 Å². The summed E-state index contributed by atoms with van der Waals surface area (Å²) in [4.78, 5) is 25.0. The summed E-state index contributed by atoms with van der Waals surface area (Å²) < 4.78 is 6.12. The lowest BCUT2D eigenvalue weighted by Crippen LogP contribution is -2.36. The molecule has 0 heterocycles. The molecule has 1 aliphatic rings. The first-order valence-corrected chi connectivity index (χ1v) is 11.5. The Bertz CT molecular complexity index is 986. The molecule has 0 bridgehead atoms. The quantitative estimate of drug-likeness (QED) is 0.429. The molecular weight excluding hydrogens is 400 g/mol. The summed E-state index contributed by atoms with van der Waals surface area (Å²) in [6.45, 7) is 4.25. The van der Waals surface area contributed by atoms with E-state index >= 15 is 0 Å². The van der Waals surface area contributed by atoms with Gasteiger partial charge in [0.15, 0.2) is 0 Å². The van der Waals surface area contributed by atoms with E-state index in [4.69, 9.17) is 4.74 Å². The number of carboxylic acid groups (broad SMARTS) is 1. The van der Waals surface area contributed by atoms with Gasteiger partial charge >= 0.3 is 11.9 Å². The molecule has 0 aromatic heterocycles. The van der Waals surface area contributed by atoms with Crippen LogP contribution in [0, 0.1) is 0 Å². The molecule has 1 unspecified atom stereocenters. The van der Waals surface area contributed by atoms with Gasteiger partial charge in [-0.3, -0.25) is 0 Å². The van der Waals surface area contributed by atoms with E-state index in [1.165, 1.54) is 5.56 Å². The summed E-state index contributed by atoms with van der Waals surface area (Å²) in [6.07, 6.45) is 9.43. The number of carboxylic acids is 1. The molecule has 4 nitrogen and oxygen atoms in total. The third-order valence-electron chi connectivity index (χ3n) is 5.97. The van der Waals surface area contributed by atoms with E-state index in [1.54, 1.807) is 12.2 Å². The molecule has 0 saturated carbocycles. The van der Waals surface area contributed by atoms with Crippen LogP contribution in [0.5, 0.6) is 0 Å². The molecule has 0 spiro atoms. The summed E-state index contributed by atoms with van der Waals surface area (Å²) in [5.74, 6) is -1.35. The molecule has 4 heteroatoms. The van der Waals surface area contributed by atoms with Crippen LogP contribution in [-0.4, -0.2) is 22.6 Å². The number of unbranched alkanes of at least 4 members (excludes halogenated alkanes) is 2. The van der Waals surface area contributed by atoms with Gasteiger partial charge in [-0.2, -0.15) is 0 Å². The van der Waals surface area contributed by atoms with Crippen LogP contribution in [0.2, 0.25) is 0 Å². The van der Waals surface area contributed by atoms with Gasteiger partial charge < -0.3 is 9.84 Å². The minimum Gasteiger partial charge on any atom is -0.478 e. The Morgan fingerprint density at radius 1 is 0.969 bits per heavy atom. The van der Waals surface area contributed by atoms with Gasteiger partial charge in [0.05, 0.1) is 11.1 Å². The zero-order valence-corrected chi connectivity index (χ0v) is 19.0. The number of hydrogen-bond acceptors (Lipinski definition) is 3. The minimum atomic E-state index is -0.974. The summed E-state index contributed by atoms with van der Waals surface area (Å²) in [5, 5.41) is 9.75. The highest BCUT2D eigenvalue weighted by atomic mass is 16.6. The van der Waals surface area contributed by atoms with Crippen molar-refractivity contribution >= 4 is 17.5 Å². The second-order valence-electron chi connectivity index (χ2n) is 8.43. The Balaban J connectivity index is 1.87. The van der Waals surface area contributed by atoms with Gasteiger partial charge in [0.2, 0.25) is 0 Å². The molecule has 1 atom stereocenters. The average Bonchev–Trinajstić information content (AvgIpc) is 2.82. The molecule has 0 amide bonds. The van der Waals surface area contributed by atoms with Crippen molar-refractivity contribution in [1.29, 1.82) is 0 Å². The van der Waals surface area contributed by atoms with Crippen molar-refractivity contribution in [2.24, 2.45) is 0 Å². The van der Waals surface area contributed by atoms with Crippen molar-refractivity contribution in [1.82, 2.24) is 0 Å². The first kappa shape index (κ1) is 23.5. The molecule has 3 rings (SSSR count). The van der Waals surface area contributed by atoms with Crippen LogP contribution in [0.15, 0.2) is 72.3 Å². The maximum Gasteiger partial charge on any atom is 0.339 e. The summed E-state index contributed by atoms with van der Waals surface area (Å²) in [5.41, 5.74) is 2.65. The number of aryl methyl sites for hydroxylation is 1. The number of ether oxygens (including phenoxy) is 1. The fourth-order valence-electron chi connectivity index (χ4n) is 4.09. The van der Waals surface area contributed by atoms with E-state index in [1.807, 2.05) is 54.6 Å². The second kappa shape index (κ2) is 10.9. The van der Waals surface area contributed by atoms with Crippen LogP contribution < -0.4 is 0 Å². The average molecular weight is 433 g/mol. The maximum atomic E-state index is 13.1. The molecule has 0 fully saturated rings. The standard InChI is InChI=1S/C28H32O4/c1-3-5-10-21-13-15-23(16-14-21)27(31)32-28(18-6-4-2)19-17-24(26(29)30)25(20-28)22-11-8-7-9-12-22/h7-9,11-17,19H,3-6,10,18,20H2,1-2H3,(H,29,30). The molecule has 2 aromatic rings. The zero-order chi connectivity index (χ0) is 23.0. The van der Waals surface area contributed by atoms with Gasteiger partial charge in [-0.05, 0) is 66.7 Å². The number of benzene rings is 2. The molecule has 2 aromatic carbocycles. The van der Waals surface area contributed by atoms with Crippen LogP contribution in [0.3, 0.4) is 0 Å². The molecular formula is C28H32O4. The fraction of sp³-hybridized carbons (Fsp3) is 0.357. The minimum absolute atomic E-state index is 0.250. The first-order chi connectivity index (χ1) is 15.5. The van der Waals surface area contributed by atoms with E-state index < -0.39 is 11.6 Å². The number of hydrogen-bond donors (Lipinski definition) is 1. The highest BCUT2D eigenvalue weighted by Crippen LogP contribution is 2.39. The third kappa shape index (κ3) is 5.76. The first-order valence-electron chi connectivity index (χ1n) is 11.5. The maximum absolute atomic E-state index is 13.1. The van der Waals surface area contributed by atoms with Crippen molar-refractivity contribution in [3.05, 3.63) is 89.0 Å². The van der Waals surface area contributed by atoms with Crippen LogP contribution in [0.25, 0.3) is 5.57 Å². The number of aliphatic carboxylic acids is 1. The highest BCUT2D eigenvalue weighted by Gasteiger charge is 2.37. The molecule has 0 aliphatic heterocycles. The third-order valence-corrected chi connectivity index (χ3v) is 5.97. The fourth-order valence-corrected chi connectivity index (χ4v) is 4.09. The Morgan fingerprint density at radius 2 is 1.66 bits per heavy atom. The smallest absolute Gasteiger partial charge is 0.339 e. The lowest BCUT2D eigenvalue weighted by molar-refractivity contribution is -0.132. The Hall–Kier alpha value is -3.14. The van der Waals surface area contributed by atoms with Crippen LogP contribution in [-0.2, 0) is 16.0 Å². The second-order valence-corrected chi connectivity index (χ2v) is 8.43. The Morgan fingerprint density at radius 3 is 2.28 bits per heavy atom. The highest BCUT2D eigenvalue weighted by molar-refractivity contribution is 6.00. The summed E-state index contributed by atoms with van der Waals surface area (Å²) in [7, 11) is 0. The SMILES string of the molecule is CCCCc1ccc(C(=O)OC2(CCCC)C=CC(C(=O)O)=C(c3ccccc3)C2)cc1. The number of rotatable bonds is 10. The predicted octanol–water partition coefficient (Wildman–Crippen LogP) is 6.61. The lowest BCUT2D eigenvalue weighted by Gasteiger charge is -2.35. The van der Waals surface area contributed by atoms with Gasteiger partial charge in [-0.15, -0.1) is 0 Å². The van der Waals surface area contributed by atoms with Crippen molar-refractivity contribution in [2.75, 3.05) is 0 Å². The van der Waals surface area contributed by atoms with Crippen molar-refractivity contribution in [2.45, 2.75) is 64.4 Å². The molecule has 32 heavy (non-hydrogen) atoms. The van der Waals surface area contributed by atoms with Crippen LogP contribution in [0.4, 0.5) is 0 Å². The monoisotopic (exact) mass is 432 g/mol. The van der Waals surface area contributed by atoms with E-state index in [-0.39, 0.29) is 11.5 Å². The van der Waals surface area contributed by atoms with Gasteiger partial charge in [-0.25, -0.2) is 9.59 Å². The number of esters is 1. The number of carbonyl (C=O) groups excluding carboxylic acids is 1. The van der Waals surface area contributed by atoms with Gasteiger partial charge in [0, 0.05) is 6.42 Å². The van der Waals surface area contributed by atoms with E-state index in [2.05, 4.69) is 13.8 Å². The van der Waals surface area contributed by atoms with Gasteiger partial charge in [0.25, 0.3) is 0 Å². The predicted molar refractivity (Wildman–Crippen MR) is 127 cm³/mol. The topological polar surface area (TPSA) is 63.6 Å². The van der Waals surface area contributed by atoms with Gasteiger partial charge in [-0.1, -0.05) is 69.2 Å². The van der Waals surface area contributed by atoms with E-state index in [0.29, 0.717) is 24.0 Å². The lowest BCUT2D eigenvalue weighted by atomic mass is 9.80. The Kier molecular flexibility index (Phi) is 8.04. The molecule has 0 radical (unpaired) electrons. The van der Waals surface area contributed by atoms with Crippen molar-refractivity contribution in [3.8, 4) is 0 Å². The van der Waals surface area contributed by atoms with E-state index in [0.717, 1.165) is 37.7 Å². The largest absolute Gasteiger partial charge is 0.478 e. The molecule has 168 valence electrons. The van der Waals surface area contributed by atoms with Crippen LogP contribution in [0.1, 0.15) is 73.9 Å². The van der Waals surface area contributed by atoms with Crippen molar-refractivity contribution < 1.29 is 19.4 Å². The van der Waals surface area contributed by atoms with E-state index in [9.17, 15) is 14.7 Å². The summed E-state index contributed by atoms with van der Waals surface area (Å²) >= 11 is 0. The molecule has 0 saturated heterocycles. The number of carbonyl (C=O) groups is 2.